The zero-order chi connectivity index (χ0) is 30.7. The standard InChI is InChI=1S/C22H19.C19H19.2CH3.Si.Zr/c1-15(2)18-13-17-9-6-12-21(22(17)14-18)20-11-5-8-16-7-3-4-10-19(16)20;1-12-7-13(2)9-16(8-12)17-6-5-15(4)18-10-14(3)11-19(17)18;;;;/h3-15H,1-2H3;5-11H,1-4H3;2*1H3;;/q4*-1;;. The summed E-state index contributed by atoms with van der Waals surface area (Å²) >= 11 is 1.36. The van der Waals surface area contributed by atoms with Gasteiger partial charge in [-0.15, -0.1) is 68.6 Å². The van der Waals surface area contributed by atoms with Crippen LogP contribution < -0.4 is 0 Å². The average molecular weight is 680 g/mol. The van der Waals surface area contributed by atoms with Crippen LogP contribution in [-0.4, -0.2) is 6.88 Å². The van der Waals surface area contributed by atoms with Crippen molar-refractivity contribution in [2.75, 3.05) is 0 Å². The third-order valence-corrected chi connectivity index (χ3v) is 8.30. The summed E-state index contributed by atoms with van der Waals surface area (Å²) in [5, 5.41) is 8.09. The molecule has 0 unspecified atom stereocenters. The number of benzene rings is 5. The predicted octanol–water partition coefficient (Wildman–Crippen LogP) is 12.5. The molecule has 7 aromatic carbocycles. The molecule has 0 saturated carbocycles. The molecule has 45 heavy (non-hydrogen) atoms. The van der Waals surface area contributed by atoms with E-state index in [1.54, 1.807) is 0 Å². The van der Waals surface area contributed by atoms with Gasteiger partial charge >= 0.3 is 30.2 Å². The van der Waals surface area contributed by atoms with Crippen LogP contribution in [0.4, 0.5) is 0 Å². The Hall–Kier alpha value is -3.32. The summed E-state index contributed by atoms with van der Waals surface area (Å²) in [6.45, 7) is 16.3. The van der Waals surface area contributed by atoms with Gasteiger partial charge in [0.05, 0.1) is 0 Å². The van der Waals surface area contributed by atoms with Gasteiger partial charge in [0.15, 0.2) is 0 Å². The Labute approximate surface area is 288 Å². The maximum absolute atomic E-state index is 3.06. The van der Waals surface area contributed by atoms with E-state index in [2.05, 4.69) is 164 Å². The van der Waals surface area contributed by atoms with Crippen LogP contribution in [0.1, 0.15) is 47.6 Å². The topological polar surface area (TPSA) is 0 Å². The summed E-state index contributed by atoms with van der Waals surface area (Å²) < 4.78 is 0. The van der Waals surface area contributed by atoms with Gasteiger partial charge in [0.25, 0.3) is 0 Å². The molecule has 0 atom stereocenters. The number of hydrogen-bond donors (Lipinski definition) is 0. The number of aryl methyl sites for hydroxylation is 4. The molecule has 0 amide bonds. The summed E-state index contributed by atoms with van der Waals surface area (Å²) in [6, 6.07) is 42.4. The van der Waals surface area contributed by atoms with Crippen LogP contribution in [-0.2, 0) is 23.3 Å². The summed E-state index contributed by atoms with van der Waals surface area (Å²) in [7, 11) is 0. The fraction of sp³-hybridized carbons (Fsp3) is 0.163. The molecule has 0 heterocycles. The summed E-state index contributed by atoms with van der Waals surface area (Å²) in [5.74, 6) is 0.563. The monoisotopic (exact) mass is 678 g/mol. The number of hydrogen-bond acceptors (Lipinski definition) is 0. The molecule has 0 fully saturated rings. The van der Waals surface area contributed by atoms with Gasteiger partial charge in [0.2, 0.25) is 0 Å². The predicted molar refractivity (Wildman–Crippen MR) is 199 cm³/mol. The van der Waals surface area contributed by atoms with Crippen LogP contribution >= 0.6 is 0 Å². The Kier molecular flexibility index (Phi) is 12.7. The normalized spacial score (nSPS) is 10.4. The molecule has 0 bridgehead atoms. The third-order valence-electron chi connectivity index (χ3n) is 8.30. The Morgan fingerprint density at radius 3 is 1.89 bits per heavy atom. The van der Waals surface area contributed by atoms with Crippen molar-refractivity contribution in [1.29, 1.82) is 0 Å². The molecule has 0 aliphatic rings. The molecule has 7 rings (SSSR count). The Morgan fingerprint density at radius 1 is 0.578 bits per heavy atom. The number of rotatable bonds is 3. The quantitative estimate of drug-likeness (QED) is 0.129. The van der Waals surface area contributed by atoms with E-state index >= 15 is 0 Å². The molecule has 228 valence electrons. The fourth-order valence-corrected chi connectivity index (χ4v) is 6.26. The molecule has 2 radical (unpaired) electrons. The maximum atomic E-state index is 3.06. The van der Waals surface area contributed by atoms with Gasteiger partial charge in [0.1, 0.15) is 0 Å². The first-order chi connectivity index (χ1) is 20.8. The van der Waals surface area contributed by atoms with E-state index in [0.717, 1.165) is 0 Å². The van der Waals surface area contributed by atoms with E-state index in [9.17, 15) is 0 Å². The number of fused-ring (bicyclic) bond motifs is 3. The molecule has 0 saturated heterocycles. The first-order valence-corrected chi connectivity index (χ1v) is 19.1. The van der Waals surface area contributed by atoms with Crippen LogP contribution in [0.5, 0.6) is 0 Å². The van der Waals surface area contributed by atoms with Gasteiger partial charge in [-0.05, 0) is 41.7 Å². The van der Waals surface area contributed by atoms with E-state index in [0.29, 0.717) is 5.92 Å². The zero-order valence-corrected chi connectivity index (χ0v) is 31.5. The van der Waals surface area contributed by atoms with Crippen molar-refractivity contribution in [3.63, 3.8) is 0 Å². The molecule has 0 nitrogen and oxygen atoms in total. The molecule has 0 N–H and O–H groups in total. The van der Waals surface area contributed by atoms with E-state index in [1.165, 1.54) is 106 Å². The van der Waals surface area contributed by atoms with Crippen LogP contribution in [0, 0.1) is 42.5 Å². The Balaban J connectivity index is 0.000000225. The molecular weight excluding hydrogens is 636 g/mol. The zero-order valence-electron chi connectivity index (χ0n) is 28.0. The summed E-state index contributed by atoms with van der Waals surface area (Å²) in [4.78, 5) is 0. The van der Waals surface area contributed by atoms with Crippen molar-refractivity contribution in [2.24, 2.45) is 0 Å². The van der Waals surface area contributed by atoms with Gasteiger partial charge in [0, 0.05) is 0 Å². The molecule has 2 heteroatoms. The SMILES string of the molecule is CC(C)c1cc2c(-c3cccc4ccccc34)cccc2[cH-]1.Cc1cc(C)cc(-c2ccc(C)c3[cH-]c(C)cc23)c1.[CH3-].[CH3-].[Si]=[Zr]. The minimum absolute atomic E-state index is 0. The fourth-order valence-electron chi connectivity index (χ4n) is 6.26. The van der Waals surface area contributed by atoms with E-state index in [4.69, 9.17) is 0 Å². The molecule has 0 aromatic heterocycles. The molecule has 0 aliphatic heterocycles. The van der Waals surface area contributed by atoms with E-state index in [1.807, 2.05) is 0 Å². The molecule has 0 spiro atoms. The van der Waals surface area contributed by atoms with Crippen LogP contribution in [0.3, 0.4) is 0 Å². The first-order valence-electron chi connectivity index (χ1n) is 15.0. The van der Waals surface area contributed by atoms with E-state index in [-0.39, 0.29) is 14.9 Å². The van der Waals surface area contributed by atoms with Gasteiger partial charge < -0.3 is 14.9 Å². The molecule has 0 aliphatic carbocycles. The van der Waals surface area contributed by atoms with Crippen molar-refractivity contribution in [3.05, 3.63) is 158 Å². The van der Waals surface area contributed by atoms with Crippen LogP contribution in [0.2, 0.25) is 0 Å². The van der Waals surface area contributed by atoms with Gasteiger partial charge in [-0.2, -0.15) is 12.1 Å². The van der Waals surface area contributed by atoms with Gasteiger partial charge in [-0.1, -0.05) is 123 Å². The Morgan fingerprint density at radius 2 is 1.20 bits per heavy atom. The average Bonchev–Trinajstić information content (AvgIpc) is 3.62. The summed E-state index contributed by atoms with van der Waals surface area (Å²) in [6.07, 6.45) is 0. The molecule has 7 aromatic rings. The van der Waals surface area contributed by atoms with Crippen LogP contribution in [0.25, 0.3) is 54.6 Å². The first kappa shape index (κ1) is 36.2. The summed E-state index contributed by atoms with van der Waals surface area (Å²) in [5.41, 5.74) is 12.1. The van der Waals surface area contributed by atoms with Crippen molar-refractivity contribution in [1.82, 2.24) is 0 Å². The second-order valence-corrected chi connectivity index (χ2v) is 11.9. The minimum atomic E-state index is 0. The van der Waals surface area contributed by atoms with E-state index < -0.39 is 0 Å². The van der Waals surface area contributed by atoms with Gasteiger partial charge in [-0.3, -0.25) is 0 Å². The van der Waals surface area contributed by atoms with Crippen molar-refractivity contribution >= 4 is 39.2 Å². The van der Waals surface area contributed by atoms with Gasteiger partial charge in [-0.25, -0.2) is 0 Å². The molecular formula is C43H44SiZr-4. The third kappa shape index (κ3) is 7.74. The van der Waals surface area contributed by atoms with Crippen LogP contribution in [0.15, 0.2) is 115 Å². The van der Waals surface area contributed by atoms with Crippen molar-refractivity contribution in [3.8, 4) is 22.3 Å². The second kappa shape index (κ2) is 15.8. The van der Waals surface area contributed by atoms with Crippen molar-refractivity contribution < 1.29 is 23.3 Å². The second-order valence-electron chi connectivity index (χ2n) is 11.9. The Bertz CT molecular complexity index is 2010. The van der Waals surface area contributed by atoms with Crippen molar-refractivity contribution in [2.45, 2.75) is 47.5 Å².